The van der Waals surface area contributed by atoms with Crippen LogP contribution in [0.15, 0.2) is 12.2 Å². The van der Waals surface area contributed by atoms with E-state index in [1.54, 1.807) is 0 Å². The van der Waals surface area contributed by atoms with Gasteiger partial charge in [0.1, 0.15) is 12.7 Å². The molecular formula is C12H17NO6. The van der Waals surface area contributed by atoms with Crippen molar-refractivity contribution in [3.63, 3.8) is 0 Å². The fourth-order valence-electron chi connectivity index (χ4n) is 1.50. The second-order valence-electron chi connectivity index (χ2n) is 4.14. The Morgan fingerprint density at radius 2 is 1.89 bits per heavy atom. The van der Waals surface area contributed by atoms with E-state index in [4.69, 9.17) is 14.9 Å². The van der Waals surface area contributed by atoms with Crippen molar-refractivity contribution in [2.24, 2.45) is 0 Å². The number of imide groups is 1. The zero-order valence-corrected chi connectivity index (χ0v) is 10.4. The molecule has 0 saturated carbocycles. The third kappa shape index (κ3) is 5.19. The number of esters is 1. The van der Waals surface area contributed by atoms with Crippen LogP contribution in [0, 0.1) is 0 Å². The van der Waals surface area contributed by atoms with Crippen LogP contribution in [0.1, 0.15) is 19.3 Å². The Morgan fingerprint density at radius 1 is 1.26 bits per heavy atom. The van der Waals surface area contributed by atoms with Crippen molar-refractivity contribution in [1.29, 1.82) is 0 Å². The van der Waals surface area contributed by atoms with Gasteiger partial charge in [-0.3, -0.25) is 19.3 Å². The number of carbonyl (C=O) groups excluding carboxylic acids is 3. The molecule has 0 bridgehead atoms. The average molecular weight is 271 g/mol. The van der Waals surface area contributed by atoms with Crippen molar-refractivity contribution in [2.45, 2.75) is 25.4 Å². The molecule has 1 atom stereocenters. The molecule has 2 amide bonds. The van der Waals surface area contributed by atoms with Crippen LogP contribution >= 0.6 is 0 Å². The quantitative estimate of drug-likeness (QED) is 0.332. The number of nitrogens with zero attached hydrogens (tertiary/aromatic N) is 1. The predicted octanol–water partition coefficient (Wildman–Crippen LogP) is -1.02. The Bertz CT molecular complexity index is 360. The molecule has 1 rings (SSSR count). The molecule has 0 fully saturated rings. The lowest BCUT2D eigenvalue weighted by atomic mass is 10.2. The van der Waals surface area contributed by atoms with Gasteiger partial charge < -0.3 is 14.9 Å². The highest BCUT2D eigenvalue weighted by Gasteiger charge is 2.22. The van der Waals surface area contributed by atoms with Crippen LogP contribution in [0.5, 0.6) is 0 Å². The van der Waals surface area contributed by atoms with Crippen LogP contribution in [0.4, 0.5) is 0 Å². The van der Waals surface area contributed by atoms with Crippen LogP contribution in [0.2, 0.25) is 0 Å². The maximum Gasteiger partial charge on any atom is 0.305 e. The lowest BCUT2D eigenvalue weighted by Gasteiger charge is -2.13. The Kier molecular flexibility index (Phi) is 6.17. The van der Waals surface area contributed by atoms with Crippen molar-refractivity contribution >= 4 is 17.8 Å². The van der Waals surface area contributed by atoms with Crippen molar-refractivity contribution in [2.75, 3.05) is 19.8 Å². The predicted molar refractivity (Wildman–Crippen MR) is 63.8 cm³/mol. The molecule has 1 aliphatic heterocycles. The van der Waals surface area contributed by atoms with Gasteiger partial charge >= 0.3 is 5.97 Å². The van der Waals surface area contributed by atoms with Crippen molar-refractivity contribution in [1.82, 2.24) is 4.90 Å². The van der Waals surface area contributed by atoms with Crippen molar-refractivity contribution in [3.05, 3.63) is 12.2 Å². The first kappa shape index (κ1) is 15.3. The molecule has 0 spiro atoms. The normalized spacial score (nSPS) is 16.0. The summed E-state index contributed by atoms with van der Waals surface area (Å²) in [4.78, 5) is 34.7. The SMILES string of the molecule is O=C(CCCCN1C(=O)C=CC1=O)OC[C@H](O)CO. The second-order valence-corrected chi connectivity index (χ2v) is 4.14. The molecule has 0 aromatic heterocycles. The topological polar surface area (TPSA) is 104 Å². The number of hydrogen-bond acceptors (Lipinski definition) is 6. The molecule has 7 heteroatoms. The number of hydrogen-bond donors (Lipinski definition) is 2. The minimum absolute atomic E-state index is 0.141. The smallest absolute Gasteiger partial charge is 0.305 e. The van der Waals surface area contributed by atoms with E-state index in [0.717, 1.165) is 4.90 Å². The molecule has 1 heterocycles. The molecule has 0 aromatic carbocycles. The van der Waals surface area contributed by atoms with Crippen LogP contribution in [0.3, 0.4) is 0 Å². The zero-order valence-electron chi connectivity index (χ0n) is 10.4. The van der Waals surface area contributed by atoms with Gasteiger partial charge in [0.2, 0.25) is 0 Å². The van der Waals surface area contributed by atoms with Gasteiger partial charge in [-0.1, -0.05) is 0 Å². The largest absolute Gasteiger partial charge is 0.463 e. The van der Waals surface area contributed by atoms with Crippen LogP contribution in [-0.2, 0) is 19.1 Å². The summed E-state index contributed by atoms with van der Waals surface area (Å²) in [6, 6.07) is 0. The Labute approximate surface area is 110 Å². The number of carbonyl (C=O) groups is 3. The van der Waals surface area contributed by atoms with Crippen LogP contribution < -0.4 is 0 Å². The summed E-state index contributed by atoms with van der Waals surface area (Å²) in [6.45, 7) is -0.418. The minimum atomic E-state index is -1.06. The molecule has 0 aliphatic carbocycles. The maximum atomic E-state index is 11.2. The Hall–Kier alpha value is -1.73. The molecular weight excluding hydrogens is 254 g/mol. The highest BCUT2D eigenvalue weighted by atomic mass is 16.5. The number of aliphatic hydroxyl groups excluding tert-OH is 2. The van der Waals surface area contributed by atoms with Crippen molar-refractivity contribution in [3.8, 4) is 0 Å². The molecule has 0 unspecified atom stereocenters. The molecule has 0 saturated heterocycles. The molecule has 1 aliphatic rings. The molecule has 2 N–H and O–H groups in total. The van der Waals surface area contributed by atoms with E-state index in [2.05, 4.69) is 0 Å². The van der Waals surface area contributed by atoms with E-state index in [-0.39, 0.29) is 31.4 Å². The summed E-state index contributed by atoms with van der Waals surface area (Å²) in [5.74, 6) is -1.15. The van der Waals surface area contributed by atoms with E-state index in [1.807, 2.05) is 0 Å². The lowest BCUT2D eigenvalue weighted by Crippen LogP contribution is -2.30. The first-order valence-corrected chi connectivity index (χ1v) is 6.02. The number of rotatable bonds is 8. The summed E-state index contributed by atoms with van der Waals surface area (Å²) in [6.07, 6.45) is 2.50. The number of aliphatic hydroxyl groups is 2. The van der Waals surface area contributed by atoms with Gasteiger partial charge in [0.15, 0.2) is 0 Å². The third-order valence-corrected chi connectivity index (χ3v) is 2.56. The summed E-state index contributed by atoms with van der Waals surface area (Å²) in [5.41, 5.74) is 0. The molecule has 7 nitrogen and oxygen atoms in total. The van der Waals surface area contributed by atoms with Gasteiger partial charge in [-0.15, -0.1) is 0 Å². The van der Waals surface area contributed by atoms with E-state index in [1.165, 1.54) is 12.2 Å². The molecule has 106 valence electrons. The molecule has 0 radical (unpaired) electrons. The third-order valence-electron chi connectivity index (χ3n) is 2.56. The van der Waals surface area contributed by atoms with E-state index in [9.17, 15) is 14.4 Å². The fraction of sp³-hybridized carbons (Fsp3) is 0.583. The lowest BCUT2D eigenvalue weighted by molar-refractivity contribution is -0.147. The minimum Gasteiger partial charge on any atom is -0.463 e. The zero-order chi connectivity index (χ0) is 14.3. The van der Waals surface area contributed by atoms with Gasteiger partial charge in [0, 0.05) is 25.1 Å². The monoisotopic (exact) mass is 271 g/mol. The summed E-state index contributed by atoms with van der Waals surface area (Å²) < 4.78 is 4.70. The van der Waals surface area contributed by atoms with Gasteiger partial charge in [0.05, 0.1) is 6.61 Å². The van der Waals surface area contributed by atoms with Gasteiger partial charge in [-0.2, -0.15) is 0 Å². The molecule has 19 heavy (non-hydrogen) atoms. The summed E-state index contributed by atoms with van der Waals surface area (Å²) >= 11 is 0. The summed E-state index contributed by atoms with van der Waals surface area (Å²) in [7, 11) is 0. The highest BCUT2D eigenvalue weighted by molar-refractivity contribution is 6.12. The first-order valence-electron chi connectivity index (χ1n) is 6.02. The van der Waals surface area contributed by atoms with E-state index >= 15 is 0 Å². The number of amides is 2. The van der Waals surface area contributed by atoms with Gasteiger partial charge in [0.25, 0.3) is 11.8 Å². The fourth-order valence-corrected chi connectivity index (χ4v) is 1.50. The number of ether oxygens (including phenoxy) is 1. The number of unbranched alkanes of at least 4 members (excludes halogenated alkanes) is 1. The summed E-state index contributed by atoms with van der Waals surface area (Å²) in [5, 5.41) is 17.5. The van der Waals surface area contributed by atoms with E-state index in [0.29, 0.717) is 12.8 Å². The highest BCUT2D eigenvalue weighted by Crippen LogP contribution is 2.07. The van der Waals surface area contributed by atoms with Crippen LogP contribution in [0.25, 0.3) is 0 Å². The Morgan fingerprint density at radius 3 is 2.47 bits per heavy atom. The maximum absolute atomic E-state index is 11.2. The average Bonchev–Trinajstić information content (AvgIpc) is 2.71. The first-order chi connectivity index (χ1) is 9.04. The van der Waals surface area contributed by atoms with Crippen molar-refractivity contribution < 1.29 is 29.3 Å². The Balaban J connectivity index is 2.09. The molecule has 0 aromatic rings. The second kappa shape index (κ2) is 7.65. The standard InChI is InChI=1S/C12H17NO6/c14-7-9(15)8-19-12(18)3-1-2-6-13-10(16)4-5-11(13)17/h4-5,9,14-15H,1-3,6-8H2/t9-/m1/s1. The van der Waals surface area contributed by atoms with E-state index < -0.39 is 18.7 Å². The van der Waals surface area contributed by atoms with Gasteiger partial charge in [-0.05, 0) is 12.8 Å². The van der Waals surface area contributed by atoms with Gasteiger partial charge in [-0.25, -0.2) is 0 Å². The van der Waals surface area contributed by atoms with Crippen LogP contribution in [-0.4, -0.2) is 58.8 Å².